The van der Waals surface area contributed by atoms with E-state index in [1.807, 2.05) is 0 Å². The van der Waals surface area contributed by atoms with E-state index in [4.69, 9.17) is 4.74 Å². The SMILES string of the molecule is CC(=O)NCC1CN(C2=CCC(Nc3ccc(O)c(=O)cc3)C(F)=C2)C(=O)O1. The van der Waals surface area contributed by atoms with Gasteiger partial charge in [-0.15, -0.1) is 0 Å². The van der Waals surface area contributed by atoms with E-state index in [9.17, 15) is 23.9 Å². The van der Waals surface area contributed by atoms with Crippen LogP contribution in [0.3, 0.4) is 0 Å². The summed E-state index contributed by atoms with van der Waals surface area (Å²) in [5.74, 6) is -1.09. The molecular formula is C19H20FN3O5. The fraction of sp³-hybridized carbons (Fsp3) is 0.316. The average Bonchev–Trinajstić information content (AvgIpc) is 2.95. The second-order valence-corrected chi connectivity index (χ2v) is 6.52. The van der Waals surface area contributed by atoms with Crippen LogP contribution in [0.1, 0.15) is 13.3 Å². The van der Waals surface area contributed by atoms with Crippen LogP contribution in [0.2, 0.25) is 0 Å². The molecule has 2 amide bonds. The highest BCUT2D eigenvalue weighted by Crippen LogP contribution is 2.27. The first kappa shape index (κ1) is 19.4. The van der Waals surface area contributed by atoms with Crippen molar-refractivity contribution in [3.8, 4) is 5.75 Å². The lowest BCUT2D eigenvalue weighted by atomic mass is 10.0. The number of halogens is 1. The van der Waals surface area contributed by atoms with Gasteiger partial charge >= 0.3 is 6.09 Å². The number of carbonyl (C=O) groups is 2. The van der Waals surface area contributed by atoms with E-state index in [1.54, 1.807) is 6.08 Å². The van der Waals surface area contributed by atoms with Gasteiger partial charge in [-0.25, -0.2) is 9.18 Å². The van der Waals surface area contributed by atoms with Crippen molar-refractivity contribution in [2.24, 2.45) is 0 Å². The van der Waals surface area contributed by atoms with Crippen molar-refractivity contribution < 1.29 is 23.8 Å². The second kappa shape index (κ2) is 8.12. The number of rotatable bonds is 5. The fourth-order valence-electron chi connectivity index (χ4n) is 2.92. The summed E-state index contributed by atoms with van der Waals surface area (Å²) < 4.78 is 19.8. The third-order valence-electron chi connectivity index (χ3n) is 4.37. The third kappa shape index (κ3) is 4.48. The zero-order valence-corrected chi connectivity index (χ0v) is 15.1. The van der Waals surface area contributed by atoms with Crippen molar-refractivity contribution in [3.05, 3.63) is 58.2 Å². The van der Waals surface area contributed by atoms with E-state index in [1.165, 1.54) is 42.2 Å². The number of anilines is 1. The van der Waals surface area contributed by atoms with Gasteiger partial charge in [0.1, 0.15) is 11.9 Å². The van der Waals surface area contributed by atoms with E-state index < -0.39 is 35.2 Å². The quantitative estimate of drug-likeness (QED) is 0.707. The van der Waals surface area contributed by atoms with Gasteiger partial charge in [-0.1, -0.05) is 6.08 Å². The van der Waals surface area contributed by atoms with E-state index in [0.29, 0.717) is 11.4 Å². The maximum absolute atomic E-state index is 14.6. The number of allylic oxidation sites excluding steroid dienone is 1. The lowest BCUT2D eigenvalue weighted by molar-refractivity contribution is -0.119. The largest absolute Gasteiger partial charge is 0.504 e. The van der Waals surface area contributed by atoms with Gasteiger partial charge in [-0.3, -0.25) is 14.5 Å². The summed E-state index contributed by atoms with van der Waals surface area (Å²) in [6.45, 7) is 1.78. The topological polar surface area (TPSA) is 108 Å². The molecule has 1 aromatic carbocycles. The summed E-state index contributed by atoms with van der Waals surface area (Å²) in [5, 5.41) is 15.0. The molecule has 1 aliphatic heterocycles. The molecule has 148 valence electrons. The Hall–Kier alpha value is -3.36. The molecule has 0 radical (unpaired) electrons. The first-order chi connectivity index (χ1) is 13.3. The normalized spacial score (nSPS) is 21.5. The standard InChI is InChI=1S/C19H20FN3O5/c1-11(24)21-9-14-10-23(19(27)28-14)13-4-5-16(15(20)8-13)22-12-2-6-17(25)18(26)7-3-12/h2-4,6-8,14,16,22H,5,9-10H2,1H3,(H,21,24)(H,25,26). The summed E-state index contributed by atoms with van der Waals surface area (Å²) in [6, 6.07) is 4.70. The van der Waals surface area contributed by atoms with Crippen LogP contribution in [0.4, 0.5) is 14.9 Å². The van der Waals surface area contributed by atoms with Crippen LogP contribution in [-0.2, 0) is 9.53 Å². The molecule has 1 saturated heterocycles. The molecule has 1 aliphatic carbocycles. The van der Waals surface area contributed by atoms with Crippen molar-refractivity contribution in [1.82, 2.24) is 10.2 Å². The Morgan fingerprint density at radius 2 is 2.07 bits per heavy atom. The van der Waals surface area contributed by atoms with Gasteiger partial charge < -0.3 is 20.5 Å². The molecular weight excluding hydrogens is 369 g/mol. The molecule has 0 aromatic heterocycles. The number of hydrogen-bond donors (Lipinski definition) is 3. The van der Waals surface area contributed by atoms with Crippen molar-refractivity contribution in [2.45, 2.75) is 25.5 Å². The Kier molecular flexibility index (Phi) is 5.62. The molecule has 28 heavy (non-hydrogen) atoms. The Bertz CT molecular complexity index is 915. The summed E-state index contributed by atoms with van der Waals surface area (Å²) in [4.78, 5) is 35.8. The molecule has 0 bridgehead atoms. The first-order valence-corrected chi connectivity index (χ1v) is 8.73. The zero-order chi connectivity index (χ0) is 20.3. The van der Waals surface area contributed by atoms with Gasteiger partial charge in [0.2, 0.25) is 11.3 Å². The highest BCUT2D eigenvalue weighted by Gasteiger charge is 2.34. The highest BCUT2D eigenvalue weighted by molar-refractivity contribution is 5.74. The van der Waals surface area contributed by atoms with Gasteiger partial charge in [0, 0.05) is 18.3 Å². The molecule has 1 heterocycles. The number of ether oxygens (including phenoxy) is 1. The summed E-state index contributed by atoms with van der Waals surface area (Å²) in [5.41, 5.74) is 0.332. The molecule has 3 rings (SSSR count). The first-order valence-electron chi connectivity index (χ1n) is 8.73. The second-order valence-electron chi connectivity index (χ2n) is 6.52. The lowest BCUT2D eigenvalue weighted by Crippen LogP contribution is -2.33. The Labute approximate surface area is 160 Å². The lowest BCUT2D eigenvalue weighted by Gasteiger charge is -2.23. The molecule has 2 aliphatic rings. The molecule has 0 spiro atoms. The van der Waals surface area contributed by atoms with Crippen molar-refractivity contribution >= 4 is 17.7 Å². The van der Waals surface area contributed by atoms with E-state index in [0.717, 1.165) is 0 Å². The number of cyclic esters (lactones) is 1. The van der Waals surface area contributed by atoms with Crippen molar-refractivity contribution in [3.63, 3.8) is 0 Å². The minimum absolute atomic E-state index is 0.195. The van der Waals surface area contributed by atoms with Crippen LogP contribution in [-0.4, -0.2) is 47.2 Å². The minimum atomic E-state index is -0.669. The van der Waals surface area contributed by atoms with Crippen LogP contribution in [0, 0.1) is 0 Å². The summed E-state index contributed by atoms with van der Waals surface area (Å²) in [7, 11) is 0. The summed E-state index contributed by atoms with van der Waals surface area (Å²) in [6.07, 6.45) is 2.14. The number of hydrogen-bond acceptors (Lipinski definition) is 6. The monoisotopic (exact) mass is 389 g/mol. The minimum Gasteiger partial charge on any atom is -0.504 e. The van der Waals surface area contributed by atoms with Crippen LogP contribution < -0.4 is 16.1 Å². The fourth-order valence-corrected chi connectivity index (χ4v) is 2.92. The van der Waals surface area contributed by atoms with Crippen molar-refractivity contribution in [2.75, 3.05) is 18.4 Å². The average molecular weight is 389 g/mol. The number of amides is 2. The van der Waals surface area contributed by atoms with E-state index in [-0.39, 0.29) is 25.4 Å². The number of nitrogens with one attached hydrogen (secondary N) is 2. The third-order valence-corrected chi connectivity index (χ3v) is 4.37. The maximum Gasteiger partial charge on any atom is 0.414 e. The van der Waals surface area contributed by atoms with E-state index >= 15 is 0 Å². The van der Waals surface area contributed by atoms with Crippen LogP contribution in [0.15, 0.2) is 52.7 Å². The number of nitrogens with zero attached hydrogens (tertiary/aromatic N) is 1. The molecule has 0 saturated carbocycles. The Morgan fingerprint density at radius 1 is 1.32 bits per heavy atom. The van der Waals surface area contributed by atoms with Gasteiger partial charge in [-0.2, -0.15) is 0 Å². The maximum atomic E-state index is 14.6. The molecule has 9 heteroatoms. The Balaban J connectivity index is 1.65. The molecule has 2 unspecified atom stereocenters. The predicted molar refractivity (Wildman–Crippen MR) is 99.3 cm³/mol. The van der Waals surface area contributed by atoms with Crippen LogP contribution in [0.5, 0.6) is 5.75 Å². The molecule has 8 nitrogen and oxygen atoms in total. The molecule has 1 fully saturated rings. The zero-order valence-electron chi connectivity index (χ0n) is 15.1. The van der Waals surface area contributed by atoms with Crippen LogP contribution in [0.25, 0.3) is 0 Å². The van der Waals surface area contributed by atoms with Crippen molar-refractivity contribution in [1.29, 1.82) is 0 Å². The summed E-state index contributed by atoms with van der Waals surface area (Å²) >= 11 is 0. The van der Waals surface area contributed by atoms with Crippen LogP contribution >= 0.6 is 0 Å². The molecule has 2 atom stereocenters. The smallest absolute Gasteiger partial charge is 0.414 e. The molecule has 1 aromatic rings. The van der Waals surface area contributed by atoms with Gasteiger partial charge in [0.15, 0.2) is 5.75 Å². The highest BCUT2D eigenvalue weighted by atomic mass is 19.1. The van der Waals surface area contributed by atoms with Gasteiger partial charge in [0.05, 0.1) is 19.1 Å². The Morgan fingerprint density at radius 3 is 2.79 bits per heavy atom. The van der Waals surface area contributed by atoms with Gasteiger partial charge in [-0.05, 0) is 36.8 Å². The number of aromatic hydroxyl groups is 1. The van der Waals surface area contributed by atoms with Gasteiger partial charge in [0.25, 0.3) is 0 Å². The number of carbonyl (C=O) groups excluding carboxylic acids is 2. The predicted octanol–water partition coefficient (Wildman–Crippen LogP) is 1.63. The van der Waals surface area contributed by atoms with E-state index in [2.05, 4.69) is 10.6 Å². The molecule has 3 N–H and O–H groups in total.